The molecule has 0 bridgehead atoms. The maximum atomic E-state index is 12.8. The summed E-state index contributed by atoms with van der Waals surface area (Å²) >= 11 is 5.91. The summed E-state index contributed by atoms with van der Waals surface area (Å²) in [5.41, 5.74) is 0. The van der Waals surface area contributed by atoms with Gasteiger partial charge in [0.25, 0.3) is 10.2 Å². The van der Waals surface area contributed by atoms with E-state index in [4.69, 9.17) is 11.6 Å². The first kappa shape index (κ1) is 16.5. The molecule has 2 fully saturated rings. The summed E-state index contributed by atoms with van der Waals surface area (Å²) in [6, 6.07) is 0. The summed E-state index contributed by atoms with van der Waals surface area (Å²) in [7, 11) is -3.28. The molecule has 6 heteroatoms. The van der Waals surface area contributed by atoms with Crippen molar-refractivity contribution in [2.75, 3.05) is 32.1 Å². The highest BCUT2D eigenvalue weighted by atomic mass is 35.5. The first-order valence-electron chi connectivity index (χ1n) is 7.89. The van der Waals surface area contributed by atoms with Gasteiger partial charge >= 0.3 is 0 Å². The quantitative estimate of drug-likeness (QED) is 0.747. The Labute approximate surface area is 128 Å². The van der Waals surface area contributed by atoms with Crippen LogP contribution in [0.15, 0.2) is 0 Å². The van der Waals surface area contributed by atoms with E-state index in [0.29, 0.717) is 43.9 Å². The molecule has 0 saturated carbocycles. The van der Waals surface area contributed by atoms with Gasteiger partial charge in [-0.2, -0.15) is 17.0 Å². The van der Waals surface area contributed by atoms with E-state index >= 15 is 0 Å². The third-order valence-electron chi connectivity index (χ3n) is 4.74. The van der Waals surface area contributed by atoms with Gasteiger partial charge in [-0.15, -0.1) is 11.6 Å². The third-order valence-corrected chi connectivity index (χ3v) is 7.17. The minimum atomic E-state index is -3.28. The van der Waals surface area contributed by atoms with Crippen molar-refractivity contribution in [1.29, 1.82) is 0 Å². The summed E-state index contributed by atoms with van der Waals surface area (Å²) < 4.78 is 28.9. The molecule has 2 aliphatic heterocycles. The maximum Gasteiger partial charge on any atom is 0.281 e. The lowest BCUT2D eigenvalue weighted by molar-refractivity contribution is 0.259. The highest BCUT2D eigenvalue weighted by Crippen LogP contribution is 2.26. The van der Waals surface area contributed by atoms with Crippen LogP contribution >= 0.6 is 11.6 Å². The zero-order chi connectivity index (χ0) is 14.6. The molecule has 0 spiro atoms. The van der Waals surface area contributed by atoms with E-state index in [1.807, 2.05) is 0 Å². The van der Waals surface area contributed by atoms with E-state index in [1.54, 1.807) is 8.61 Å². The fourth-order valence-corrected chi connectivity index (χ4v) is 5.34. The Balaban J connectivity index is 2.01. The Kier molecular flexibility index (Phi) is 6.14. The predicted octanol–water partition coefficient (Wildman–Crippen LogP) is 2.69. The van der Waals surface area contributed by atoms with Crippen molar-refractivity contribution in [3.8, 4) is 0 Å². The van der Waals surface area contributed by atoms with Gasteiger partial charge in [0, 0.05) is 32.1 Å². The van der Waals surface area contributed by atoms with E-state index < -0.39 is 10.2 Å². The van der Waals surface area contributed by atoms with Gasteiger partial charge in [0.1, 0.15) is 0 Å². The number of halogens is 1. The minimum absolute atomic E-state index is 0.315. The van der Waals surface area contributed by atoms with Crippen LogP contribution in [0.3, 0.4) is 0 Å². The second kappa shape index (κ2) is 7.43. The van der Waals surface area contributed by atoms with Gasteiger partial charge < -0.3 is 0 Å². The first-order chi connectivity index (χ1) is 9.57. The van der Waals surface area contributed by atoms with Crippen molar-refractivity contribution in [3.63, 3.8) is 0 Å². The molecule has 0 aliphatic carbocycles. The molecule has 0 aromatic heterocycles. The van der Waals surface area contributed by atoms with Crippen LogP contribution in [0.5, 0.6) is 0 Å². The van der Waals surface area contributed by atoms with Gasteiger partial charge in [-0.25, -0.2) is 0 Å². The fourth-order valence-electron chi connectivity index (χ4n) is 3.30. The van der Waals surface area contributed by atoms with Crippen molar-refractivity contribution in [2.24, 2.45) is 11.8 Å². The van der Waals surface area contributed by atoms with Gasteiger partial charge in [-0.05, 0) is 43.9 Å². The number of alkyl halides is 1. The summed E-state index contributed by atoms with van der Waals surface area (Å²) in [5, 5.41) is 0. The first-order valence-corrected chi connectivity index (χ1v) is 9.82. The van der Waals surface area contributed by atoms with Gasteiger partial charge in [0.15, 0.2) is 0 Å². The van der Waals surface area contributed by atoms with E-state index in [1.165, 1.54) is 0 Å². The van der Waals surface area contributed by atoms with Crippen molar-refractivity contribution < 1.29 is 8.42 Å². The van der Waals surface area contributed by atoms with Crippen molar-refractivity contribution in [2.45, 2.75) is 45.4 Å². The Hall–Kier alpha value is 0.160. The van der Waals surface area contributed by atoms with Crippen LogP contribution in [0.25, 0.3) is 0 Å². The van der Waals surface area contributed by atoms with E-state index in [-0.39, 0.29) is 0 Å². The average molecular weight is 323 g/mol. The molecule has 0 N–H and O–H groups in total. The fraction of sp³-hybridized carbons (Fsp3) is 1.00. The number of rotatable bonds is 4. The molecule has 4 nitrogen and oxygen atoms in total. The van der Waals surface area contributed by atoms with Crippen LogP contribution < -0.4 is 0 Å². The molecule has 0 radical (unpaired) electrons. The minimum Gasteiger partial charge on any atom is -0.195 e. The lowest BCUT2D eigenvalue weighted by atomic mass is 9.98. The number of nitrogens with zero attached hydrogens (tertiary/aromatic N) is 2. The van der Waals surface area contributed by atoms with E-state index in [9.17, 15) is 8.42 Å². The molecule has 20 heavy (non-hydrogen) atoms. The second-order valence-corrected chi connectivity index (χ2v) is 8.37. The lowest BCUT2D eigenvalue weighted by Crippen LogP contribution is -2.48. The van der Waals surface area contributed by atoms with Crippen LogP contribution in [0.1, 0.15) is 45.4 Å². The molecule has 2 unspecified atom stereocenters. The second-order valence-electron chi connectivity index (χ2n) is 6.13. The molecule has 2 rings (SSSR count). The van der Waals surface area contributed by atoms with E-state index in [0.717, 1.165) is 38.5 Å². The topological polar surface area (TPSA) is 40.6 Å². The summed E-state index contributed by atoms with van der Waals surface area (Å²) in [6.45, 7) is 4.82. The Morgan fingerprint density at radius 2 is 1.65 bits per heavy atom. The number of piperidine rings is 1. The standard InChI is InChI=1S/C14H27ClN2O2S/c1-2-13-5-3-8-16(10-7-13)20(18,19)17-9-4-6-14(11-15)12-17/h13-14H,2-12H2,1H3. The predicted molar refractivity (Wildman–Crippen MR) is 83.1 cm³/mol. The molecule has 0 aromatic carbocycles. The van der Waals surface area contributed by atoms with Gasteiger partial charge in [0.05, 0.1) is 0 Å². The smallest absolute Gasteiger partial charge is 0.195 e. The molecular weight excluding hydrogens is 296 g/mol. The Bertz CT molecular complexity index is 402. The number of hydrogen-bond donors (Lipinski definition) is 0. The number of hydrogen-bond acceptors (Lipinski definition) is 2. The zero-order valence-corrected chi connectivity index (χ0v) is 14.0. The molecule has 0 amide bonds. The highest BCUT2D eigenvalue weighted by Gasteiger charge is 2.34. The van der Waals surface area contributed by atoms with Gasteiger partial charge in [-0.1, -0.05) is 13.3 Å². The third kappa shape index (κ3) is 3.87. The molecule has 2 saturated heterocycles. The SMILES string of the molecule is CCC1CCCN(S(=O)(=O)N2CCCC(CCl)C2)CC1. The largest absolute Gasteiger partial charge is 0.281 e. The van der Waals surface area contributed by atoms with Crippen molar-refractivity contribution in [3.05, 3.63) is 0 Å². The van der Waals surface area contributed by atoms with Crippen LogP contribution in [0.2, 0.25) is 0 Å². The van der Waals surface area contributed by atoms with Crippen molar-refractivity contribution >= 4 is 21.8 Å². The summed E-state index contributed by atoms with van der Waals surface area (Å²) in [4.78, 5) is 0. The van der Waals surface area contributed by atoms with E-state index in [2.05, 4.69) is 6.92 Å². The molecular formula is C14H27ClN2O2S. The lowest BCUT2D eigenvalue weighted by Gasteiger charge is -2.34. The molecule has 118 valence electrons. The Morgan fingerprint density at radius 3 is 2.30 bits per heavy atom. The molecule has 0 aromatic rings. The molecule has 2 aliphatic rings. The van der Waals surface area contributed by atoms with Crippen LogP contribution in [0, 0.1) is 11.8 Å². The Morgan fingerprint density at radius 1 is 1.00 bits per heavy atom. The zero-order valence-electron chi connectivity index (χ0n) is 12.4. The maximum absolute atomic E-state index is 12.8. The normalized spacial score (nSPS) is 31.1. The van der Waals surface area contributed by atoms with Crippen LogP contribution in [-0.2, 0) is 10.2 Å². The highest BCUT2D eigenvalue weighted by molar-refractivity contribution is 7.86. The van der Waals surface area contributed by atoms with Crippen LogP contribution in [0.4, 0.5) is 0 Å². The summed E-state index contributed by atoms with van der Waals surface area (Å²) in [6.07, 6.45) is 6.29. The van der Waals surface area contributed by atoms with Gasteiger partial charge in [0.2, 0.25) is 0 Å². The van der Waals surface area contributed by atoms with Crippen LogP contribution in [-0.4, -0.2) is 49.1 Å². The molecule has 2 heterocycles. The summed E-state index contributed by atoms with van der Waals surface area (Å²) in [5.74, 6) is 1.56. The monoisotopic (exact) mass is 322 g/mol. The van der Waals surface area contributed by atoms with Crippen molar-refractivity contribution in [1.82, 2.24) is 8.61 Å². The average Bonchev–Trinajstić information content (AvgIpc) is 2.73. The molecule has 2 atom stereocenters. The van der Waals surface area contributed by atoms with Gasteiger partial charge in [-0.3, -0.25) is 0 Å².